The number of ether oxygens (including phenoxy) is 1. The standard InChI is InChI=1S/C14H20O3/c1-4-5-14(16)17-13-7-6-12(8-10(13)2)11(3)9-15/h6-8,11,15H,4-5,9H2,1-3H3. The van der Waals surface area contributed by atoms with Crippen LogP contribution in [0.5, 0.6) is 5.75 Å². The van der Waals surface area contributed by atoms with Crippen LogP contribution in [0.3, 0.4) is 0 Å². The number of carbonyl (C=O) groups excluding carboxylic acids is 1. The van der Waals surface area contributed by atoms with Crippen LogP contribution < -0.4 is 4.74 Å². The Hall–Kier alpha value is -1.35. The molecule has 1 unspecified atom stereocenters. The SMILES string of the molecule is CCCC(=O)Oc1ccc(C(C)CO)cc1C. The van der Waals surface area contributed by atoms with E-state index in [2.05, 4.69) is 0 Å². The van der Waals surface area contributed by atoms with Crippen molar-refractivity contribution in [3.63, 3.8) is 0 Å². The van der Waals surface area contributed by atoms with Crippen molar-refractivity contribution in [3.05, 3.63) is 29.3 Å². The van der Waals surface area contributed by atoms with Crippen LogP contribution in [0.15, 0.2) is 18.2 Å². The van der Waals surface area contributed by atoms with Crippen molar-refractivity contribution in [3.8, 4) is 5.75 Å². The van der Waals surface area contributed by atoms with E-state index in [1.54, 1.807) is 6.07 Å². The van der Waals surface area contributed by atoms with Crippen molar-refractivity contribution in [1.29, 1.82) is 0 Å². The summed E-state index contributed by atoms with van der Waals surface area (Å²) in [4.78, 5) is 11.4. The molecule has 0 aliphatic carbocycles. The maximum atomic E-state index is 11.4. The Labute approximate surface area is 102 Å². The van der Waals surface area contributed by atoms with Gasteiger partial charge in [-0.25, -0.2) is 0 Å². The highest BCUT2D eigenvalue weighted by atomic mass is 16.5. The summed E-state index contributed by atoms with van der Waals surface area (Å²) in [5, 5.41) is 9.08. The largest absolute Gasteiger partial charge is 0.426 e. The Morgan fingerprint density at radius 3 is 2.71 bits per heavy atom. The molecule has 0 amide bonds. The first kappa shape index (κ1) is 13.7. The number of carbonyl (C=O) groups is 1. The molecule has 1 aromatic carbocycles. The second-order valence-corrected chi connectivity index (χ2v) is 4.33. The minimum Gasteiger partial charge on any atom is -0.426 e. The van der Waals surface area contributed by atoms with E-state index in [1.807, 2.05) is 32.9 Å². The lowest BCUT2D eigenvalue weighted by Gasteiger charge is -2.12. The number of hydrogen-bond donors (Lipinski definition) is 1. The minimum absolute atomic E-state index is 0.106. The monoisotopic (exact) mass is 236 g/mol. The summed E-state index contributed by atoms with van der Waals surface area (Å²) in [6, 6.07) is 5.64. The molecule has 0 bridgehead atoms. The van der Waals surface area contributed by atoms with Gasteiger partial charge in [-0.2, -0.15) is 0 Å². The van der Waals surface area contributed by atoms with Crippen LogP contribution in [0.4, 0.5) is 0 Å². The van der Waals surface area contributed by atoms with Crippen molar-refractivity contribution in [2.75, 3.05) is 6.61 Å². The minimum atomic E-state index is -0.196. The van der Waals surface area contributed by atoms with Crippen LogP contribution in [0.1, 0.15) is 43.7 Å². The second-order valence-electron chi connectivity index (χ2n) is 4.33. The fraction of sp³-hybridized carbons (Fsp3) is 0.500. The molecule has 0 saturated carbocycles. The highest BCUT2D eigenvalue weighted by Gasteiger charge is 2.09. The van der Waals surface area contributed by atoms with E-state index >= 15 is 0 Å². The molecule has 17 heavy (non-hydrogen) atoms. The van der Waals surface area contributed by atoms with E-state index in [9.17, 15) is 4.79 Å². The first-order valence-electron chi connectivity index (χ1n) is 6.00. The van der Waals surface area contributed by atoms with Gasteiger partial charge in [-0.1, -0.05) is 26.0 Å². The molecule has 0 aliphatic heterocycles. The van der Waals surface area contributed by atoms with E-state index < -0.39 is 0 Å². The summed E-state index contributed by atoms with van der Waals surface area (Å²) in [6.45, 7) is 5.92. The molecule has 0 aliphatic rings. The summed E-state index contributed by atoms with van der Waals surface area (Å²) >= 11 is 0. The molecule has 3 nitrogen and oxygen atoms in total. The molecule has 0 saturated heterocycles. The van der Waals surface area contributed by atoms with E-state index in [4.69, 9.17) is 9.84 Å². The molecule has 1 atom stereocenters. The van der Waals surface area contributed by atoms with Gasteiger partial charge in [0.05, 0.1) is 0 Å². The summed E-state index contributed by atoms with van der Waals surface area (Å²) in [5.74, 6) is 0.519. The van der Waals surface area contributed by atoms with Crippen molar-refractivity contribution in [2.45, 2.75) is 39.5 Å². The van der Waals surface area contributed by atoms with Crippen molar-refractivity contribution >= 4 is 5.97 Å². The normalized spacial score (nSPS) is 12.2. The highest BCUT2D eigenvalue weighted by molar-refractivity contribution is 5.72. The van der Waals surface area contributed by atoms with Crippen LogP contribution >= 0.6 is 0 Å². The summed E-state index contributed by atoms with van der Waals surface area (Å²) in [6.07, 6.45) is 1.23. The number of rotatable bonds is 5. The van der Waals surface area contributed by atoms with E-state index in [0.29, 0.717) is 12.2 Å². The number of aliphatic hydroxyl groups is 1. The van der Waals surface area contributed by atoms with Gasteiger partial charge in [-0.05, 0) is 30.5 Å². The predicted molar refractivity (Wildman–Crippen MR) is 67.2 cm³/mol. The number of hydrogen-bond acceptors (Lipinski definition) is 3. The molecular formula is C14H20O3. The average molecular weight is 236 g/mol. The van der Waals surface area contributed by atoms with E-state index in [-0.39, 0.29) is 18.5 Å². The van der Waals surface area contributed by atoms with Gasteiger partial charge in [0.25, 0.3) is 0 Å². The highest BCUT2D eigenvalue weighted by Crippen LogP contribution is 2.24. The Balaban J connectivity index is 2.79. The zero-order valence-electron chi connectivity index (χ0n) is 10.7. The third kappa shape index (κ3) is 3.86. The second kappa shape index (κ2) is 6.40. The Bertz CT molecular complexity index is 385. The van der Waals surface area contributed by atoms with Gasteiger partial charge in [-0.3, -0.25) is 4.79 Å². The zero-order valence-corrected chi connectivity index (χ0v) is 10.7. The fourth-order valence-electron chi connectivity index (χ4n) is 1.58. The van der Waals surface area contributed by atoms with Crippen LogP contribution in [0.2, 0.25) is 0 Å². The van der Waals surface area contributed by atoms with Gasteiger partial charge in [0.2, 0.25) is 0 Å². The van der Waals surface area contributed by atoms with Gasteiger partial charge < -0.3 is 9.84 Å². The number of aryl methyl sites for hydroxylation is 1. The Kier molecular flexibility index (Phi) is 5.16. The molecule has 3 heteroatoms. The summed E-state index contributed by atoms with van der Waals surface area (Å²) < 4.78 is 5.25. The van der Waals surface area contributed by atoms with E-state index in [1.165, 1.54) is 0 Å². The Morgan fingerprint density at radius 2 is 2.18 bits per heavy atom. The number of esters is 1. The first-order valence-corrected chi connectivity index (χ1v) is 6.00. The van der Waals surface area contributed by atoms with Crippen LogP contribution in [0.25, 0.3) is 0 Å². The molecule has 1 rings (SSSR count). The molecule has 0 heterocycles. The predicted octanol–water partition coefficient (Wildman–Crippen LogP) is 2.80. The molecular weight excluding hydrogens is 216 g/mol. The lowest BCUT2D eigenvalue weighted by molar-refractivity contribution is -0.134. The number of aliphatic hydroxyl groups excluding tert-OH is 1. The van der Waals surface area contributed by atoms with Gasteiger partial charge in [-0.15, -0.1) is 0 Å². The third-order valence-electron chi connectivity index (χ3n) is 2.72. The summed E-state index contributed by atoms with van der Waals surface area (Å²) in [7, 11) is 0. The molecule has 0 spiro atoms. The molecule has 0 aromatic heterocycles. The van der Waals surface area contributed by atoms with Crippen molar-refractivity contribution in [2.24, 2.45) is 0 Å². The quantitative estimate of drug-likeness (QED) is 0.631. The maximum absolute atomic E-state index is 11.4. The zero-order chi connectivity index (χ0) is 12.8. The first-order chi connectivity index (χ1) is 8.08. The van der Waals surface area contributed by atoms with Gasteiger partial charge >= 0.3 is 5.97 Å². The van der Waals surface area contributed by atoms with Gasteiger partial charge in [0.15, 0.2) is 0 Å². The molecule has 1 N–H and O–H groups in total. The van der Waals surface area contributed by atoms with E-state index in [0.717, 1.165) is 17.5 Å². The summed E-state index contributed by atoms with van der Waals surface area (Å²) in [5.41, 5.74) is 1.98. The van der Waals surface area contributed by atoms with Crippen LogP contribution in [-0.4, -0.2) is 17.7 Å². The third-order valence-corrected chi connectivity index (χ3v) is 2.72. The lowest BCUT2D eigenvalue weighted by atomic mass is 10.00. The maximum Gasteiger partial charge on any atom is 0.311 e. The van der Waals surface area contributed by atoms with Crippen LogP contribution in [-0.2, 0) is 4.79 Å². The molecule has 0 fully saturated rings. The van der Waals surface area contributed by atoms with Gasteiger partial charge in [0, 0.05) is 18.9 Å². The topological polar surface area (TPSA) is 46.5 Å². The van der Waals surface area contributed by atoms with Gasteiger partial charge in [0.1, 0.15) is 5.75 Å². The molecule has 0 radical (unpaired) electrons. The average Bonchev–Trinajstić information content (AvgIpc) is 2.31. The lowest BCUT2D eigenvalue weighted by Crippen LogP contribution is -2.08. The smallest absolute Gasteiger partial charge is 0.311 e. The Morgan fingerprint density at radius 1 is 1.47 bits per heavy atom. The molecule has 94 valence electrons. The fourth-order valence-corrected chi connectivity index (χ4v) is 1.58. The number of benzene rings is 1. The van der Waals surface area contributed by atoms with Crippen molar-refractivity contribution < 1.29 is 14.6 Å². The van der Waals surface area contributed by atoms with Crippen LogP contribution in [0, 0.1) is 6.92 Å². The van der Waals surface area contributed by atoms with Crippen molar-refractivity contribution in [1.82, 2.24) is 0 Å². The molecule has 1 aromatic rings.